The molecule has 1 saturated heterocycles. The van der Waals surface area contributed by atoms with Gasteiger partial charge < -0.3 is 10.2 Å². The summed E-state index contributed by atoms with van der Waals surface area (Å²) in [6.45, 7) is 5.95. The first-order chi connectivity index (χ1) is 9.23. The quantitative estimate of drug-likeness (QED) is 0.817. The van der Waals surface area contributed by atoms with Crippen LogP contribution in [0.5, 0.6) is 0 Å². The number of hydrogen-bond donors (Lipinski definition) is 1. The molecule has 1 aliphatic rings. The Morgan fingerprint density at radius 1 is 1.40 bits per heavy atom. The normalized spacial score (nSPS) is 23.4. The number of unbranched alkanes of at least 4 members (excludes halogenated alkanes) is 1. The molecule has 3 nitrogen and oxygen atoms in total. The molecule has 1 atom stereocenters. The van der Waals surface area contributed by atoms with Crippen LogP contribution in [0.3, 0.4) is 0 Å². The van der Waals surface area contributed by atoms with Crippen molar-refractivity contribution in [2.75, 3.05) is 26.2 Å². The predicted molar refractivity (Wildman–Crippen MR) is 72.3 cm³/mol. The molecule has 118 valence electrons. The topological polar surface area (TPSA) is 32.3 Å². The van der Waals surface area contributed by atoms with Crippen LogP contribution in [-0.2, 0) is 4.79 Å². The maximum Gasteiger partial charge on any atom is 0.406 e. The zero-order chi connectivity index (χ0) is 15.4. The molecule has 20 heavy (non-hydrogen) atoms. The molecule has 1 N–H and O–H groups in total. The summed E-state index contributed by atoms with van der Waals surface area (Å²) in [7, 11) is 0. The van der Waals surface area contributed by atoms with Crippen LogP contribution >= 0.6 is 0 Å². The first-order valence-corrected chi connectivity index (χ1v) is 7.30. The minimum absolute atomic E-state index is 0.0300. The second-order valence-corrected chi connectivity index (χ2v) is 5.93. The van der Waals surface area contributed by atoms with Gasteiger partial charge in [-0.1, -0.05) is 27.2 Å². The average Bonchev–Trinajstić information content (AvgIpc) is 2.82. The van der Waals surface area contributed by atoms with E-state index in [1.807, 2.05) is 20.8 Å². The van der Waals surface area contributed by atoms with Crippen molar-refractivity contribution in [1.29, 1.82) is 0 Å². The van der Waals surface area contributed by atoms with E-state index >= 15 is 0 Å². The molecule has 1 fully saturated rings. The summed E-state index contributed by atoms with van der Waals surface area (Å²) < 4.78 is 38.1. The molecule has 0 aromatic heterocycles. The van der Waals surface area contributed by atoms with Crippen molar-refractivity contribution in [2.45, 2.75) is 46.2 Å². The van der Waals surface area contributed by atoms with Gasteiger partial charge in [0.25, 0.3) is 0 Å². The van der Waals surface area contributed by atoms with Gasteiger partial charge in [-0.05, 0) is 25.3 Å². The molecule has 1 aliphatic heterocycles. The summed E-state index contributed by atoms with van der Waals surface area (Å²) in [6, 6.07) is 0. The van der Waals surface area contributed by atoms with Gasteiger partial charge in [0, 0.05) is 13.1 Å². The SMILES string of the molecule is CCCCN(CC(F)(F)F)C(=O)C1(C(C)C)CCNC1. The van der Waals surface area contributed by atoms with E-state index in [0.29, 0.717) is 25.9 Å². The zero-order valence-electron chi connectivity index (χ0n) is 12.5. The lowest BCUT2D eigenvalue weighted by molar-refractivity contribution is -0.169. The fraction of sp³-hybridized carbons (Fsp3) is 0.929. The molecular weight excluding hydrogens is 269 g/mol. The lowest BCUT2D eigenvalue weighted by Gasteiger charge is -2.37. The molecule has 0 radical (unpaired) electrons. The summed E-state index contributed by atoms with van der Waals surface area (Å²) >= 11 is 0. The first-order valence-electron chi connectivity index (χ1n) is 7.30. The minimum atomic E-state index is -4.34. The molecule has 0 aromatic rings. The second kappa shape index (κ2) is 6.78. The van der Waals surface area contributed by atoms with Gasteiger partial charge in [-0.25, -0.2) is 0 Å². The molecule has 6 heteroatoms. The molecule has 0 bridgehead atoms. The zero-order valence-corrected chi connectivity index (χ0v) is 12.5. The Morgan fingerprint density at radius 3 is 2.45 bits per heavy atom. The molecule has 1 amide bonds. The van der Waals surface area contributed by atoms with Crippen LogP contribution in [-0.4, -0.2) is 43.2 Å². The van der Waals surface area contributed by atoms with Crippen molar-refractivity contribution >= 4 is 5.91 Å². The minimum Gasteiger partial charge on any atom is -0.333 e. The predicted octanol–water partition coefficient (Wildman–Crippen LogP) is 2.81. The number of carbonyl (C=O) groups is 1. The molecule has 0 spiro atoms. The Bertz CT molecular complexity index is 323. The average molecular weight is 294 g/mol. The summed E-state index contributed by atoms with van der Waals surface area (Å²) in [5, 5.41) is 3.12. The van der Waals surface area contributed by atoms with Crippen LogP contribution in [0.2, 0.25) is 0 Å². The first kappa shape index (κ1) is 17.3. The number of alkyl halides is 3. The largest absolute Gasteiger partial charge is 0.406 e. The highest BCUT2D eigenvalue weighted by Gasteiger charge is 2.47. The van der Waals surface area contributed by atoms with Crippen LogP contribution in [0.15, 0.2) is 0 Å². The van der Waals surface area contributed by atoms with Gasteiger partial charge in [0.15, 0.2) is 0 Å². The molecule has 1 rings (SSSR count). The summed E-state index contributed by atoms with van der Waals surface area (Å²) in [5.41, 5.74) is -0.682. The smallest absolute Gasteiger partial charge is 0.333 e. The maximum atomic E-state index is 12.7. The maximum absolute atomic E-state index is 12.7. The van der Waals surface area contributed by atoms with E-state index in [9.17, 15) is 18.0 Å². The van der Waals surface area contributed by atoms with Gasteiger partial charge in [0.2, 0.25) is 5.91 Å². The van der Waals surface area contributed by atoms with Crippen molar-refractivity contribution in [1.82, 2.24) is 10.2 Å². The number of rotatable bonds is 6. The standard InChI is InChI=1S/C14H25F3N2O/c1-4-5-8-19(10-14(15,16)17)12(20)13(11(2)3)6-7-18-9-13/h11,18H,4-10H2,1-3H3. The van der Waals surface area contributed by atoms with Crippen LogP contribution in [0.25, 0.3) is 0 Å². The van der Waals surface area contributed by atoms with Crippen molar-refractivity contribution in [3.8, 4) is 0 Å². The van der Waals surface area contributed by atoms with Crippen molar-refractivity contribution in [2.24, 2.45) is 11.3 Å². The van der Waals surface area contributed by atoms with Gasteiger partial charge >= 0.3 is 6.18 Å². The Kier molecular flexibility index (Phi) is 5.86. The molecule has 1 unspecified atom stereocenters. The molecular formula is C14H25F3N2O. The highest BCUT2D eigenvalue weighted by molar-refractivity contribution is 5.83. The van der Waals surface area contributed by atoms with E-state index in [1.54, 1.807) is 0 Å². The Balaban J connectivity index is 2.90. The van der Waals surface area contributed by atoms with Gasteiger partial charge in [0.05, 0.1) is 5.41 Å². The van der Waals surface area contributed by atoms with Gasteiger partial charge in [0.1, 0.15) is 6.54 Å². The van der Waals surface area contributed by atoms with E-state index in [2.05, 4.69) is 5.32 Å². The second-order valence-electron chi connectivity index (χ2n) is 5.93. The molecule has 1 heterocycles. The lowest BCUT2D eigenvalue weighted by atomic mass is 9.75. The van der Waals surface area contributed by atoms with Crippen LogP contribution in [0.1, 0.15) is 40.0 Å². The highest BCUT2D eigenvalue weighted by atomic mass is 19.4. The molecule has 0 aliphatic carbocycles. The third kappa shape index (κ3) is 4.11. The van der Waals surface area contributed by atoms with Crippen molar-refractivity contribution < 1.29 is 18.0 Å². The van der Waals surface area contributed by atoms with Gasteiger partial charge in [-0.3, -0.25) is 4.79 Å². The van der Waals surface area contributed by atoms with Gasteiger partial charge in [-0.2, -0.15) is 13.2 Å². The number of carbonyl (C=O) groups excluding carboxylic acids is 1. The fourth-order valence-electron chi connectivity index (χ4n) is 2.77. The highest BCUT2D eigenvalue weighted by Crippen LogP contribution is 2.37. The number of nitrogens with zero attached hydrogens (tertiary/aromatic N) is 1. The van der Waals surface area contributed by atoms with E-state index in [0.717, 1.165) is 11.3 Å². The van der Waals surface area contributed by atoms with Crippen molar-refractivity contribution in [3.05, 3.63) is 0 Å². The van der Waals surface area contributed by atoms with E-state index in [4.69, 9.17) is 0 Å². The van der Waals surface area contributed by atoms with Crippen LogP contribution < -0.4 is 5.32 Å². The Labute approximate surface area is 118 Å². The number of nitrogens with one attached hydrogen (secondary N) is 1. The molecule has 0 saturated carbocycles. The lowest BCUT2D eigenvalue weighted by Crippen LogP contribution is -2.51. The van der Waals surface area contributed by atoms with Gasteiger partial charge in [-0.15, -0.1) is 0 Å². The summed E-state index contributed by atoms with van der Waals surface area (Å²) in [5.74, 6) is -0.314. The summed E-state index contributed by atoms with van der Waals surface area (Å²) in [4.78, 5) is 13.7. The number of halogens is 3. The molecule has 0 aromatic carbocycles. The van der Waals surface area contributed by atoms with Crippen molar-refractivity contribution in [3.63, 3.8) is 0 Å². The number of hydrogen-bond acceptors (Lipinski definition) is 2. The van der Waals surface area contributed by atoms with Crippen LogP contribution in [0, 0.1) is 11.3 Å². The third-order valence-corrected chi connectivity index (χ3v) is 4.16. The van der Waals surface area contributed by atoms with E-state index in [-0.39, 0.29) is 18.4 Å². The Hall–Kier alpha value is -0.780. The van der Waals surface area contributed by atoms with Crippen LogP contribution in [0.4, 0.5) is 13.2 Å². The van der Waals surface area contributed by atoms with E-state index < -0.39 is 18.1 Å². The monoisotopic (exact) mass is 294 g/mol. The number of amides is 1. The summed E-state index contributed by atoms with van der Waals surface area (Å²) in [6.07, 6.45) is -2.35. The van der Waals surface area contributed by atoms with E-state index in [1.165, 1.54) is 0 Å². The fourth-order valence-corrected chi connectivity index (χ4v) is 2.77. The Morgan fingerprint density at radius 2 is 2.05 bits per heavy atom. The third-order valence-electron chi connectivity index (χ3n) is 4.16.